The molecule has 1 saturated heterocycles. The summed E-state index contributed by atoms with van der Waals surface area (Å²) in [5.74, 6) is 0.927. The van der Waals surface area contributed by atoms with E-state index in [4.69, 9.17) is 14.2 Å². The minimum atomic E-state index is -3.77. The molecule has 1 fully saturated rings. The van der Waals surface area contributed by atoms with Gasteiger partial charge in [0, 0.05) is 0 Å². The summed E-state index contributed by atoms with van der Waals surface area (Å²) < 4.78 is 44.2. The molecule has 2 aromatic carbocycles. The second kappa shape index (κ2) is 6.43. The van der Waals surface area contributed by atoms with Crippen LogP contribution in [0.4, 0.5) is 0 Å². The maximum atomic E-state index is 12.6. The largest absolute Gasteiger partial charge is 0.487 e. The summed E-state index contributed by atoms with van der Waals surface area (Å²) >= 11 is 0. The van der Waals surface area contributed by atoms with Crippen LogP contribution in [0.25, 0.3) is 0 Å². The van der Waals surface area contributed by atoms with E-state index in [1.807, 2.05) is 24.3 Å². The molecule has 2 aromatic rings. The maximum absolute atomic E-state index is 12.6. The Morgan fingerprint density at radius 3 is 2.46 bits per heavy atom. The summed E-state index contributed by atoms with van der Waals surface area (Å²) in [6, 6.07) is 14.2. The fourth-order valence-corrected chi connectivity index (χ4v) is 3.73. The molecule has 0 aromatic heterocycles. The van der Waals surface area contributed by atoms with Crippen molar-refractivity contribution in [1.82, 2.24) is 4.72 Å². The molecule has 0 amide bonds. The molecule has 5 rings (SSSR count). The van der Waals surface area contributed by atoms with Crippen LogP contribution in [0, 0.1) is 0 Å². The minimum absolute atomic E-state index is 0. The summed E-state index contributed by atoms with van der Waals surface area (Å²) in [5, 5.41) is 0. The maximum Gasteiger partial charge on any atom is 0.247 e. The number of nitrogens with one attached hydrogen (secondary N) is 1. The smallest absolute Gasteiger partial charge is 0.247 e. The standard InChI is InChI=1S/C16H15NO5S.CH4/c18-23(19,15-8-11-6-7-13(15)20-9-11)17-16(14-10-21-14)22-12-4-2-1-3-5-12;/h1-8,14,16-17H,9-10H2;1H4/t14-,16?;/m0./s1. The van der Waals surface area contributed by atoms with Gasteiger partial charge in [-0.25, -0.2) is 8.42 Å². The Hall–Kier alpha value is -2.09. The summed E-state index contributed by atoms with van der Waals surface area (Å²) in [5.41, 5.74) is 0.823. The lowest BCUT2D eigenvalue weighted by Gasteiger charge is -2.22. The number of benzene rings is 2. The van der Waals surface area contributed by atoms with Gasteiger partial charge in [-0.15, -0.1) is 0 Å². The first-order chi connectivity index (χ1) is 11.1. The van der Waals surface area contributed by atoms with Crippen LogP contribution in [0.5, 0.6) is 11.5 Å². The van der Waals surface area contributed by atoms with E-state index in [2.05, 4.69) is 4.72 Å². The quantitative estimate of drug-likeness (QED) is 0.640. The lowest BCUT2D eigenvalue weighted by molar-refractivity contribution is 0.149. The normalized spacial score (nSPS) is 19.1. The molecule has 128 valence electrons. The van der Waals surface area contributed by atoms with Gasteiger partial charge in [-0.3, -0.25) is 0 Å². The average molecular weight is 349 g/mol. The number of ether oxygens (including phenoxy) is 3. The van der Waals surface area contributed by atoms with E-state index in [-0.39, 0.29) is 18.4 Å². The van der Waals surface area contributed by atoms with Crippen molar-refractivity contribution in [2.75, 3.05) is 6.61 Å². The van der Waals surface area contributed by atoms with Crippen molar-refractivity contribution < 1.29 is 22.6 Å². The first kappa shape index (κ1) is 16.8. The molecule has 0 radical (unpaired) electrons. The van der Waals surface area contributed by atoms with E-state index >= 15 is 0 Å². The zero-order chi connectivity index (χ0) is 15.9. The van der Waals surface area contributed by atoms with Gasteiger partial charge in [0.1, 0.15) is 29.1 Å². The number of rotatable bonds is 6. The lowest BCUT2D eigenvalue weighted by atomic mass is 10.2. The molecule has 24 heavy (non-hydrogen) atoms. The molecule has 0 spiro atoms. The molecular formula is C17H19NO5S. The Morgan fingerprint density at radius 1 is 1.17 bits per heavy atom. The molecule has 6 nitrogen and oxygen atoms in total. The number of fused-ring (bicyclic) bond motifs is 3. The third kappa shape index (κ3) is 3.38. The van der Waals surface area contributed by atoms with Gasteiger partial charge in [-0.2, -0.15) is 4.72 Å². The summed E-state index contributed by atoms with van der Waals surface area (Å²) in [7, 11) is -3.77. The number of sulfonamides is 1. The van der Waals surface area contributed by atoms with Crippen molar-refractivity contribution in [1.29, 1.82) is 0 Å². The molecule has 2 atom stereocenters. The SMILES string of the molecule is C.O=S(=O)(NC(Oc1ccccc1)[C@@H]1CO1)c1cc2ccc1OC2. The molecule has 3 heterocycles. The Labute approximate surface area is 141 Å². The van der Waals surface area contributed by atoms with Gasteiger partial charge in [0.05, 0.1) is 6.61 Å². The van der Waals surface area contributed by atoms with Gasteiger partial charge in [-0.05, 0) is 29.8 Å². The van der Waals surface area contributed by atoms with Crippen LogP contribution in [-0.2, 0) is 21.4 Å². The topological polar surface area (TPSA) is 77.2 Å². The molecule has 0 aliphatic carbocycles. The fraction of sp³-hybridized carbons (Fsp3) is 0.294. The third-order valence-corrected chi connectivity index (χ3v) is 5.11. The molecule has 7 heteroatoms. The molecule has 0 saturated carbocycles. The van der Waals surface area contributed by atoms with Crippen molar-refractivity contribution >= 4 is 10.0 Å². The van der Waals surface area contributed by atoms with Crippen molar-refractivity contribution in [2.24, 2.45) is 0 Å². The van der Waals surface area contributed by atoms with E-state index in [1.54, 1.807) is 24.3 Å². The fourth-order valence-electron chi connectivity index (χ4n) is 2.40. The highest BCUT2D eigenvalue weighted by Gasteiger charge is 2.38. The Bertz CT molecular complexity index is 818. The highest BCUT2D eigenvalue weighted by Crippen LogP contribution is 2.31. The summed E-state index contributed by atoms with van der Waals surface area (Å²) in [6.07, 6.45) is -1.07. The van der Waals surface area contributed by atoms with Crippen molar-refractivity contribution in [3.8, 4) is 11.5 Å². The molecule has 1 unspecified atom stereocenters. The van der Waals surface area contributed by atoms with E-state index < -0.39 is 16.3 Å². The van der Waals surface area contributed by atoms with Gasteiger partial charge in [0.2, 0.25) is 10.0 Å². The van der Waals surface area contributed by atoms with Crippen LogP contribution in [0.15, 0.2) is 53.4 Å². The van der Waals surface area contributed by atoms with E-state index in [0.29, 0.717) is 24.7 Å². The second-order valence-corrected chi connectivity index (χ2v) is 7.10. The Kier molecular flexibility index (Phi) is 4.49. The Morgan fingerprint density at radius 2 is 1.92 bits per heavy atom. The van der Waals surface area contributed by atoms with Crippen LogP contribution in [0.2, 0.25) is 0 Å². The van der Waals surface area contributed by atoms with Gasteiger partial charge in [0.15, 0.2) is 6.23 Å². The van der Waals surface area contributed by atoms with Crippen LogP contribution in [0.1, 0.15) is 13.0 Å². The van der Waals surface area contributed by atoms with Crippen LogP contribution in [-0.4, -0.2) is 27.4 Å². The molecule has 1 N–H and O–H groups in total. The van der Waals surface area contributed by atoms with E-state index in [0.717, 1.165) is 5.56 Å². The third-order valence-electron chi connectivity index (χ3n) is 3.67. The van der Waals surface area contributed by atoms with Crippen LogP contribution < -0.4 is 14.2 Å². The van der Waals surface area contributed by atoms with Crippen molar-refractivity contribution in [3.05, 3.63) is 54.1 Å². The Balaban J connectivity index is 0.00000169. The van der Waals surface area contributed by atoms with Crippen molar-refractivity contribution in [2.45, 2.75) is 31.3 Å². The first-order valence-electron chi connectivity index (χ1n) is 7.23. The molecule has 3 aliphatic heterocycles. The highest BCUT2D eigenvalue weighted by molar-refractivity contribution is 7.89. The van der Waals surface area contributed by atoms with Gasteiger partial charge in [0.25, 0.3) is 0 Å². The predicted octanol–water partition coefficient (Wildman–Crippen LogP) is 2.30. The number of para-hydroxylation sites is 1. The van der Waals surface area contributed by atoms with E-state index in [9.17, 15) is 8.42 Å². The zero-order valence-electron chi connectivity index (χ0n) is 12.1. The lowest BCUT2D eigenvalue weighted by Crippen LogP contribution is -2.43. The van der Waals surface area contributed by atoms with Crippen LogP contribution >= 0.6 is 0 Å². The predicted molar refractivity (Wildman–Crippen MR) is 88.4 cm³/mol. The molecular weight excluding hydrogens is 330 g/mol. The number of hydrogen-bond acceptors (Lipinski definition) is 5. The molecule has 3 aliphatic rings. The average Bonchev–Trinajstić information content (AvgIpc) is 3.41. The van der Waals surface area contributed by atoms with Crippen molar-refractivity contribution in [3.63, 3.8) is 0 Å². The summed E-state index contributed by atoms with van der Waals surface area (Å²) in [6.45, 7) is 0.865. The molecule has 2 bridgehead atoms. The van der Waals surface area contributed by atoms with E-state index in [1.165, 1.54) is 0 Å². The second-order valence-electron chi connectivity index (χ2n) is 5.41. The minimum Gasteiger partial charge on any atom is -0.487 e. The van der Waals surface area contributed by atoms with Gasteiger partial charge < -0.3 is 14.2 Å². The number of epoxide rings is 1. The first-order valence-corrected chi connectivity index (χ1v) is 8.71. The monoisotopic (exact) mass is 349 g/mol. The highest BCUT2D eigenvalue weighted by atomic mass is 32.2. The summed E-state index contributed by atoms with van der Waals surface area (Å²) in [4.78, 5) is 0.128. The zero-order valence-corrected chi connectivity index (χ0v) is 13.0. The number of hydrogen-bond donors (Lipinski definition) is 1. The van der Waals surface area contributed by atoms with Gasteiger partial charge >= 0.3 is 0 Å². The van der Waals surface area contributed by atoms with Gasteiger partial charge in [-0.1, -0.05) is 31.7 Å². The van der Waals surface area contributed by atoms with Crippen LogP contribution in [0.3, 0.4) is 0 Å².